The van der Waals surface area contributed by atoms with Gasteiger partial charge in [-0.25, -0.2) is 8.78 Å². The summed E-state index contributed by atoms with van der Waals surface area (Å²) in [7, 11) is 0. The zero-order chi connectivity index (χ0) is 20.1. The molecule has 1 aliphatic carbocycles. The first-order chi connectivity index (χ1) is 13.3. The summed E-state index contributed by atoms with van der Waals surface area (Å²) in [5.74, 6) is -0.441. The molecule has 11 heteroatoms. The molecule has 3 aromatic rings. The second-order valence-electron chi connectivity index (χ2n) is 6.51. The molecule has 0 atom stereocenters. The Labute approximate surface area is 167 Å². The molecule has 1 amide bonds. The Hall–Kier alpha value is -2.52. The minimum atomic E-state index is -2.84. The Morgan fingerprint density at radius 3 is 2.68 bits per heavy atom. The lowest BCUT2D eigenvalue weighted by atomic mass is 9.95. The number of benzene rings is 1. The van der Waals surface area contributed by atoms with Crippen LogP contribution in [-0.4, -0.2) is 25.8 Å². The van der Waals surface area contributed by atoms with E-state index in [1.807, 2.05) is 6.07 Å². The zero-order valence-corrected chi connectivity index (χ0v) is 15.7. The molecule has 1 aromatic carbocycles. The van der Waals surface area contributed by atoms with Crippen LogP contribution in [0.25, 0.3) is 11.6 Å². The van der Waals surface area contributed by atoms with Gasteiger partial charge in [0.15, 0.2) is 11.5 Å². The van der Waals surface area contributed by atoms with Crippen molar-refractivity contribution >= 4 is 29.1 Å². The first-order valence-electron chi connectivity index (χ1n) is 8.24. The molecular formula is C17H13Cl2F2N5O2. The predicted octanol–water partition coefficient (Wildman–Crippen LogP) is 3.74. The van der Waals surface area contributed by atoms with Gasteiger partial charge in [0.05, 0.1) is 5.41 Å². The summed E-state index contributed by atoms with van der Waals surface area (Å²) in [6, 6.07) is 6.27. The van der Waals surface area contributed by atoms with Crippen molar-refractivity contribution in [1.29, 1.82) is 0 Å². The number of alkyl halides is 2. The summed E-state index contributed by atoms with van der Waals surface area (Å²) >= 11 is 12.3. The second kappa shape index (κ2) is 6.82. The Balaban J connectivity index is 1.69. The molecule has 0 bridgehead atoms. The lowest BCUT2D eigenvalue weighted by molar-refractivity contribution is -0.118. The van der Waals surface area contributed by atoms with Crippen LogP contribution in [0.2, 0.25) is 10.0 Å². The fourth-order valence-corrected chi connectivity index (χ4v) is 3.71. The first kappa shape index (κ1) is 18.8. The van der Waals surface area contributed by atoms with E-state index in [1.54, 1.807) is 12.1 Å². The van der Waals surface area contributed by atoms with Crippen LogP contribution in [-0.2, 0) is 16.8 Å². The van der Waals surface area contributed by atoms with Crippen molar-refractivity contribution in [1.82, 2.24) is 19.9 Å². The van der Waals surface area contributed by atoms with Gasteiger partial charge in [-0.3, -0.25) is 9.48 Å². The molecule has 4 rings (SSSR count). The summed E-state index contributed by atoms with van der Waals surface area (Å²) in [4.78, 5) is 15.4. The van der Waals surface area contributed by atoms with Crippen molar-refractivity contribution in [2.45, 2.75) is 31.2 Å². The first-order valence-corrected chi connectivity index (χ1v) is 9.00. The van der Waals surface area contributed by atoms with Crippen LogP contribution < -0.4 is 5.73 Å². The minimum Gasteiger partial charge on any atom is -0.368 e. The highest BCUT2D eigenvalue weighted by molar-refractivity contribution is 6.35. The Bertz CT molecular complexity index is 1060. The van der Waals surface area contributed by atoms with E-state index in [4.69, 9.17) is 33.5 Å². The quantitative estimate of drug-likeness (QED) is 0.645. The molecule has 7 nitrogen and oxygen atoms in total. The Kier molecular flexibility index (Phi) is 4.59. The average molecular weight is 428 g/mol. The Morgan fingerprint density at radius 1 is 1.32 bits per heavy atom. The van der Waals surface area contributed by atoms with Crippen LogP contribution in [0.1, 0.15) is 36.3 Å². The maximum absolute atomic E-state index is 13.2. The minimum absolute atomic E-state index is 0.0310. The van der Waals surface area contributed by atoms with Crippen molar-refractivity contribution in [3.63, 3.8) is 0 Å². The molecule has 1 fully saturated rings. The van der Waals surface area contributed by atoms with Crippen LogP contribution in [0.15, 0.2) is 28.8 Å². The lowest BCUT2D eigenvalue weighted by Crippen LogP contribution is -2.21. The van der Waals surface area contributed by atoms with E-state index in [-0.39, 0.29) is 11.6 Å². The van der Waals surface area contributed by atoms with Crippen molar-refractivity contribution in [3.05, 3.63) is 51.4 Å². The number of aromatic nitrogens is 4. The summed E-state index contributed by atoms with van der Waals surface area (Å²) < 4.78 is 32.5. The normalized spacial score (nSPS) is 15.2. The summed E-state index contributed by atoms with van der Waals surface area (Å²) in [6.45, 7) is -0.481. The molecule has 1 aliphatic rings. The average Bonchev–Trinajstić information content (AvgIpc) is 3.07. The molecule has 2 N–H and O–H groups in total. The van der Waals surface area contributed by atoms with Gasteiger partial charge in [-0.15, -0.1) is 0 Å². The highest BCUT2D eigenvalue weighted by atomic mass is 35.5. The van der Waals surface area contributed by atoms with E-state index >= 15 is 0 Å². The van der Waals surface area contributed by atoms with Gasteiger partial charge in [-0.1, -0.05) is 34.4 Å². The van der Waals surface area contributed by atoms with E-state index in [9.17, 15) is 13.6 Å². The number of amides is 1. The van der Waals surface area contributed by atoms with Gasteiger partial charge in [-0.2, -0.15) is 10.1 Å². The molecule has 28 heavy (non-hydrogen) atoms. The topological polar surface area (TPSA) is 99.8 Å². The van der Waals surface area contributed by atoms with Crippen LogP contribution in [0.4, 0.5) is 8.78 Å². The van der Waals surface area contributed by atoms with Gasteiger partial charge in [0.1, 0.15) is 12.2 Å². The van der Waals surface area contributed by atoms with E-state index in [0.29, 0.717) is 15.9 Å². The number of primary amides is 1. The SMILES string of the molecule is NC(=O)Cn1nc(-c2nc(C3(c4ccc(Cl)cc4Cl)CC3)no2)cc1C(F)F. The molecular weight excluding hydrogens is 415 g/mol. The van der Waals surface area contributed by atoms with Gasteiger partial charge in [0.25, 0.3) is 12.3 Å². The van der Waals surface area contributed by atoms with Gasteiger partial charge in [0.2, 0.25) is 5.91 Å². The highest BCUT2D eigenvalue weighted by Crippen LogP contribution is 2.54. The van der Waals surface area contributed by atoms with Crippen molar-refractivity contribution in [2.24, 2.45) is 5.73 Å². The maximum atomic E-state index is 13.2. The van der Waals surface area contributed by atoms with Gasteiger partial charge in [-0.05, 0) is 36.6 Å². The number of carbonyl (C=O) groups excluding carboxylic acids is 1. The predicted molar refractivity (Wildman–Crippen MR) is 96.1 cm³/mol. The van der Waals surface area contributed by atoms with Gasteiger partial charge < -0.3 is 10.3 Å². The smallest absolute Gasteiger partial charge is 0.280 e. The lowest BCUT2D eigenvalue weighted by Gasteiger charge is -2.13. The third-order valence-electron chi connectivity index (χ3n) is 4.61. The largest absolute Gasteiger partial charge is 0.368 e. The van der Waals surface area contributed by atoms with E-state index in [2.05, 4.69) is 15.2 Å². The monoisotopic (exact) mass is 427 g/mol. The number of rotatable bonds is 6. The number of halogens is 4. The summed E-state index contributed by atoms with van der Waals surface area (Å²) in [5.41, 5.74) is 4.96. The van der Waals surface area contributed by atoms with Gasteiger partial charge in [0, 0.05) is 10.0 Å². The molecule has 1 saturated carbocycles. The molecule has 146 valence electrons. The fourth-order valence-electron chi connectivity index (χ4n) is 3.12. The molecule has 0 spiro atoms. The van der Waals surface area contributed by atoms with Crippen molar-refractivity contribution in [2.75, 3.05) is 0 Å². The molecule has 0 radical (unpaired) electrons. The zero-order valence-electron chi connectivity index (χ0n) is 14.2. The number of carbonyl (C=O) groups is 1. The molecule has 0 saturated heterocycles. The van der Waals surface area contributed by atoms with E-state index < -0.39 is 30.0 Å². The third kappa shape index (κ3) is 3.24. The van der Waals surface area contributed by atoms with Crippen LogP contribution >= 0.6 is 23.2 Å². The standard InChI is InChI=1S/C17H13Cl2F2N5O2/c18-8-1-2-9(10(19)5-8)17(3-4-17)16-23-15(28-25-16)11-6-12(14(20)21)26(24-11)7-13(22)27/h1-2,5-6,14H,3-4,7H2,(H2,22,27). The molecule has 0 unspecified atom stereocenters. The highest BCUT2D eigenvalue weighted by Gasteiger charge is 2.51. The van der Waals surface area contributed by atoms with Crippen LogP contribution in [0, 0.1) is 0 Å². The molecule has 0 aliphatic heterocycles. The van der Waals surface area contributed by atoms with E-state index in [1.165, 1.54) is 0 Å². The third-order valence-corrected chi connectivity index (χ3v) is 5.16. The number of nitrogens with zero attached hydrogens (tertiary/aromatic N) is 4. The van der Waals surface area contributed by atoms with Crippen LogP contribution in [0.3, 0.4) is 0 Å². The second-order valence-corrected chi connectivity index (χ2v) is 7.35. The maximum Gasteiger partial charge on any atom is 0.280 e. The van der Waals surface area contributed by atoms with Crippen LogP contribution in [0.5, 0.6) is 0 Å². The van der Waals surface area contributed by atoms with Gasteiger partial charge >= 0.3 is 0 Å². The van der Waals surface area contributed by atoms with Crippen molar-refractivity contribution in [3.8, 4) is 11.6 Å². The number of nitrogens with two attached hydrogens (primary N) is 1. The number of hydrogen-bond donors (Lipinski definition) is 1. The molecule has 2 aromatic heterocycles. The fraction of sp³-hybridized carbons (Fsp3) is 0.294. The summed E-state index contributed by atoms with van der Waals surface area (Å²) in [5, 5.41) is 8.96. The Morgan fingerprint density at radius 2 is 2.07 bits per heavy atom. The van der Waals surface area contributed by atoms with E-state index in [0.717, 1.165) is 29.2 Å². The summed E-state index contributed by atoms with van der Waals surface area (Å²) in [6.07, 6.45) is -1.33. The number of hydrogen-bond acceptors (Lipinski definition) is 5. The van der Waals surface area contributed by atoms with Crippen molar-refractivity contribution < 1.29 is 18.1 Å². The molecule has 2 heterocycles.